The smallest absolute Gasteiger partial charge is 0.267 e. The molecule has 0 saturated carbocycles. The second-order valence-corrected chi connectivity index (χ2v) is 8.41. The van der Waals surface area contributed by atoms with E-state index >= 15 is 0 Å². The predicted octanol–water partition coefficient (Wildman–Crippen LogP) is 3.10. The molecular weight excluding hydrogens is 414 g/mol. The monoisotopic (exact) mass is 441 g/mol. The second kappa shape index (κ2) is 9.87. The summed E-state index contributed by atoms with van der Waals surface area (Å²) >= 11 is 0. The van der Waals surface area contributed by atoms with E-state index in [0.29, 0.717) is 12.4 Å². The Morgan fingerprint density at radius 1 is 0.818 bits per heavy atom. The first kappa shape index (κ1) is 21.2. The Hall–Kier alpha value is -3.65. The highest BCUT2D eigenvalue weighted by Gasteiger charge is 2.11. The Bertz CT molecular complexity index is 1260. The molecule has 1 saturated heterocycles. The molecule has 168 valence electrons. The van der Waals surface area contributed by atoms with Gasteiger partial charge in [0.2, 0.25) is 0 Å². The third-order valence-electron chi connectivity index (χ3n) is 6.02. The molecule has 1 aliphatic heterocycles. The SMILES string of the molecule is O=c1cccnn1Cc1cccc(-c2ncc(-c3cnn(CCN4CCCCC4)c3)cn2)c1. The molecule has 4 heterocycles. The highest BCUT2D eigenvalue weighted by molar-refractivity contribution is 5.62. The molecule has 1 fully saturated rings. The van der Waals surface area contributed by atoms with Crippen molar-refractivity contribution in [1.29, 1.82) is 0 Å². The largest absolute Gasteiger partial charge is 0.301 e. The number of benzene rings is 1. The standard InChI is InChI=1S/C25H27N7O/c33-24-8-5-9-28-32(24)18-20-6-4-7-21(14-20)25-26-15-22(16-27-25)23-17-29-31(19-23)13-12-30-10-2-1-3-11-30/h4-9,14-17,19H,1-3,10-13,18H2. The topological polar surface area (TPSA) is 81.7 Å². The van der Waals surface area contributed by atoms with Crippen molar-refractivity contribution in [1.82, 2.24) is 34.4 Å². The summed E-state index contributed by atoms with van der Waals surface area (Å²) in [6.07, 6.45) is 13.2. The maximum Gasteiger partial charge on any atom is 0.267 e. The van der Waals surface area contributed by atoms with Crippen molar-refractivity contribution in [2.24, 2.45) is 0 Å². The molecule has 0 bridgehead atoms. The molecule has 1 aromatic carbocycles. The normalized spacial score (nSPS) is 14.4. The van der Waals surface area contributed by atoms with E-state index < -0.39 is 0 Å². The second-order valence-electron chi connectivity index (χ2n) is 8.41. The van der Waals surface area contributed by atoms with Gasteiger partial charge in [0.1, 0.15) is 0 Å². The zero-order valence-corrected chi connectivity index (χ0v) is 18.5. The summed E-state index contributed by atoms with van der Waals surface area (Å²) < 4.78 is 3.44. The molecule has 3 aromatic heterocycles. The van der Waals surface area contributed by atoms with E-state index in [9.17, 15) is 4.79 Å². The number of aromatic nitrogens is 6. The number of piperidine rings is 1. The van der Waals surface area contributed by atoms with Gasteiger partial charge >= 0.3 is 0 Å². The Kier molecular flexibility index (Phi) is 6.34. The van der Waals surface area contributed by atoms with Crippen molar-refractivity contribution in [3.63, 3.8) is 0 Å². The lowest BCUT2D eigenvalue weighted by atomic mass is 10.1. The molecule has 0 N–H and O–H groups in total. The average molecular weight is 442 g/mol. The number of likely N-dealkylation sites (tertiary alicyclic amines) is 1. The molecule has 0 radical (unpaired) electrons. The molecule has 8 nitrogen and oxygen atoms in total. The minimum absolute atomic E-state index is 0.125. The minimum atomic E-state index is -0.125. The third kappa shape index (κ3) is 5.23. The molecule has 1 aliphatic rings. The lowest BCUT2D eigenvalue weighted by molar-refractivity contribution is 0.218. The summed E-state index contributed by atoms with van der Waals surface area (Å²) in [5.41, 5.74) is 3.71. The number of rotatable bonds is 7. The quantitative estimate of drug-likeness (QED) is 0.438. The number of nitrogens with zero attached hydrogens (tertiary/aromatic N) is 7. The lowest BCUT2D eigenvalue weighted by Gasteiger charge is -2.26. The van der Waals surface area contributed by atoms with Crippen molar-refractivity contribution in [2.45, 2.75) is 32.4 Å². The minimum Gasteiger partial charge on any atom is -0.301 e. The molecule has 8 heteroatoms. The van der Waals surface area contributed by atoms with Gasteiger partial charge in [-0.1, -0.05) is 24.6 Å². The van der Waals surface area contributed by atoms with Crippen LogP contribution in [-0.2, 0) is 13.1 Å². The van der Waals surface area contributed by atoms with Crippen LogP contribution < -0.4 is 5.56 Å². The molecule has 0 amide bonds. The van der Waals surface area contributed by atoms with E-state index in [2.05, 4.69) is 31.3 Å². The maximum atomic E-state index is 11.9. The fourth-order valence-corrected chi connectivity index (χ4v) is 4.18. The van der Waals surface area contributed by atoms with Gasteiger partial charge in [-0.25, -0.2) is 14.6 Å². The van der Waals surface area contributed by atoms with Crippen molar-refractivity contribution in [2.75, 3.05) is 19.6 Å². The molecule has 33 heavy (non-hydrogen) atoms. The Balaban J connectivity index is 1.26. The van der Waals surface area contributed by atoms with E-state index in [4.69, 9.17) is 0 Å². The van der Waals surface area contributed by atoms with Crippen LogP contribution >= 0.6 is 0 Å². The van der Waals surface area contributed by atoms with Crippen molar-refractivity contribution in [3.8, 4) is 22.5 Å². The van der Waals surface area contributed by atoms with Gasteiger partial charge in [-0.15, -0.1) is 0 Å². The van der Waals surface area contributed by atoms with Crippen LogP contribution in [0, 0.1) is 0 Å². The fraction of sp³-hybridized carbons (Fsp3) is 0.320. The summed E-state index contributed by atoms with van der Waals surface area (Å²) in [6, 6.07) is 11.0. The highest BCUT2D eigenvalue weighted by atomic mass is 16.1. The fourth-order valence-electron chi connectivity index (χ4n) is 4.18. The average Bonchev–Trinajstić information content (AvgIpc) is 3.34. The molecule has 0 spiro atoms. The van der Waals surface area contributed by atoms with Gasteiger partial charge in [0.25, 0.3) is 5.56 Å². The van der Waals surface area contributed by atoms with Gasteiger partial charge in [-0.05, 0) is 43.6 Å². The first-order valence-electron chi connectivity index (χ1n) is 11.4. The van der Waals surface area contributed by atoms with Crippen LogP contribution in [-0.4, -0.2) is 54.1 Å². The molecule has 4 aromatic rings. The van der Waals surface area contributed by atoms with Gasteiger partial charge in [0.15, 0.2) is 5.82 Å². The Labute approximate surface area is 192 Å². The summed E-state index contributed by atoms with van der Waals surface area (Å²) in [4.78, 5) is 23.6. The summed E-state index contributed by atoms with van der Waals surface area (Å²) in [5, 5.41) is 8.64. The summed E-state index contributed by atoms with van der Waals surface area (Å²) in [6.45, 7) is 4.73. The van der Waals surface area contributed by atoms with Gasteiger partial charge in [-0.3, -0.25) is 9.48 Å². The van der Waals surface area contributed by atoms with Crippen LogP contribution in [0.15, 0.2) is 72.2 Å². The zero-order chi connectivity index (χ0) is 22.5. The van der Waals surface area contributed by atoms with Crippen LogP contribution in [0.3, 0.4) is 0 Å². The van der Waals surface area contributed by atoms with E-state index in [1.54, 1.807) is 12.3 Å². The van der Waals surface area contributed by atoms with Crippen molar-refractivity contribution in [3.05, 3.63) is 83.3 Å². The van der Waals surface area contributed by atoms with Crippen molar-refractivity contribution >= 4 is 0 Å². The Morgan fingerprint density at radius 2 is 1.67 bits per heavy atom. The molecule has 0 atom stereocenters. The van der Waals surface area contributed by atoms with Crippen molar-refractivity contribution < 1.29 is 0 Å². The third-order valence-corrected chi connectivity index (χ3v) is 6.02. The molecular formula is C25H27N7O. The first-order chi connectivity index (χ1) is 16.2. The van der Waals surface area contributed by atoms with Crippen LogP contribution in [0.25, 0.3) is 22.5 Å². The lowest BCUT2D eigenvalue weighted by Crippen LogP contribution is -2.32. The zero-order valence-electron chi connectivity index (χ0n) is 18.5. The van der Waals surface area contributed by atoms with Crippen LogP contribution in [0.4, 0.5) is 0 Å². The van der Waals surface area contributed by atoms with Gasteiger partial charge in [0.05, 0.1) is 19.3 Å². The number of hydrogen-bond acceptors (Lipinski definition) is 6. The van der Waals surface area contributed by atoms with E-state index in [1.807, 2.05) is 47.5 Å². The summed E-state index contributed by atoms with van der Waals surface area (Å²) in [5.74, 6) is 0.645. The van der Waals surface area contributed by atoms with Gasteiger partial charge in [-0.2, -0.15) is 10.2 Å². The molecule has 0 aliphatic carbocycles. The number of hydrogen-bond donors (Lipinski definition) is 0. The highest BCUT2D eigenvalue weighted by Crippen LogP contribution is 2.21. The summed E-state index contributed by atoms with van der Waals surface area (Å²) in [7, 11) is 0. The first-order valence-corrected chi connectivity index (χ1v) is 11.4. The van der Waals surface area contributed by atoms with Crippen LogP contribution in [0.5, 0.6) is 0 Å². The predicted molar refractivity (Wildman–Crippen MR) is 127 cm³/mol. The molecule has 5 rings (SSSR count). The maximum absolute atomic E-state index is 11.9. The van der Waals surface area contributed by atoms with Crippen LogP contribution in [0.1, 0.15) is 24.8 Å². The Morgan fingerprint density at radius 3 is 2.48 bits per heavy atom. The van der Waals surface area contributed by atoms with Gasteiger partial charge < -0.3 is 4.90 Å². The molecule has 0 unspecified atom stereocenters. The van der Waals surface area contributed by atoms with E-state index in [-0.39, 0.29) is 5.56 Å². The van der Waals surface area contributed by atoms with E-state index in [1.165, 1.54) is 43.1 Å². The van der Waals surface area contributed by atoms with Crippen LogP contribution in [0.2, 0.25) is 0 Å². The van der Waals surface area contributed by atoms with E-state index in [0.717, 1.165) is 35.3 Å². The van der Waals surface area contributed by atoms with Gasteiger partial charge in [0, 0.05) is 54.1 Å².